The summed E-state index contributed by atoms with van der Waals surface area (Å²) in [4.78, 5) is 35.0. The number of unbranched alkanes of at least 4 members (excludes halogenated alkanes) is 14. The van der Waals surface area contributed by atoms with Gasteiger partial charge in [-0.05, 0) is 70.6 Å². The Labute approximate surface area is 346 Å². The number of hydrogen-bond donors (Lipinski definition) is 3. The predicted octanol–water partition coefficient (Wildman–Crippen LogP) is 11.7. The number of aliphatic hydroxyl groups is 2. The van der Waals surface area contributed by atoms with Gasteiger partial charge in [0.1, 0.15) is 12.7 Å². The van der Waals surface area contributed by atoms with E-state index in [1.807, 2.05) is 12.2 Å². The summed E-state index contributed by atoms with van der Waals surface area (Å²) in [5.74, 6) is -1.03. The fourth-order valence-corrected chi connectivity index (χ4v) is 6.22. The molecule has 0 aliphatic rings. The Morgan fingerprint density at radius 1 is 0.526 bits per heavy atom. The first-order valence-electron chi connectivity index (χ1n) is 21.9. The molecular weight excluding hydrogens is 743 g/mol. The van der Waals surface area contributed by atoms with Crippen LogP contribution in [0.25, 0.3) is 0 Å². The number of allylic oxidation sites excluding steroid dienone is 12. The molecule has 0 amide bonds. The van der Waals surface area contributed by atoms with Crippen LogP contribution in [-0.4, -0.2) is 65.7 Å². The van der Waals surface area contributed by atoms with Crippen LogP contribution in [0.15, 0.2) is 72.9 Å². The van der Waals surface area contributed by atoms with Gasteiger partial charge < -0.3 is 24.6 Å². The SMILES string of the molecule is CCCC/C=C/CCCCCCCCCCCC(=O)O[C@H](COC(=O)CC/C=C/C/C=C/C/C=C/C/C=C/C/C=C/CCCCC)COP(=O)(O)OC[C@@H](O)CO. The molecule has 0 aromatic carbocycles. The minimum atomic E-state index is -4.64. The van der Waals surface area contributed by atoms with Gasteiger partial charge in [-0.1, -0.05) is 157 Å². The van der Waals surface area contributed by atoms with Gasteiger partial charge in [0.05, 0.1) is 19.8 Å². The highest BCUT2D eigenvalue weighted by Crippen LogP contribution is 2.43. The molecular formula is C46H79O10P. The fourth-order valence-electron chi connectivity index (χ4n) is 5.43. The molecule has 0 aliphatic heterocycles. The molecule has 3 atom stereocenters. The van der Waals surface area contributed by atoms with Crippen LogP contribution in [0.4, 0.5) is 0 Å². The van der Waals surface area contributed by atoms with E-state index >= 15 is 0 Å². The van der Waals surface area contributed by atoms with E-state index in [0.717, 1.165) is 44.9 Å². The number of phosphoric ester groups is 1. The van der Waals surface area contributed by atoms with Crippen LogP contribution in [-0.2, 0) is 32.7 Å². The lowest BCUT2D eigenvalue weighted by Crippen LogP contribution is -2.29. The van der Waals surface area contributed by atoms with E-state index in [4.69, 9.17) is 19.1 Å². The van der Waals surface area contributed by atoms with E-state index in [2.05, 4.69) is 79.1 Å². The lowest BCUT2D eigenvalue weighted by atomic mass is 10.1. The molecule has 11 heteroatoms. The van der Waals surface area contributed by atoms with Crippen molar-refractivity contribution < 1.29 is 47.8 Å². The first-order chi connectivity index (χ1) is 27.7. The third-order valence-electron chi connectivity index (χ3n) is 8.85. The number of carbonyl (C=O) groups excluding carboxylic acids is 2. The zero-order valence-electron chi connectivity index (χ0n) is 35.5. The van der Waals surface area contributed by atoms with Crippen molar-refractivity contribution in [3.05, 3.63) is 72.9 Å². The van der Waals surface area contributed by atoms with Crippen molar-refractivity contribution in [1.82, 2.24) is 0 Å². The molecule has 10 nitrogen and oxygen atoms in total. The molecule has 0 saturated carbocycles. The largest absolute Gasteiger partial charge is 0.472 e. The summed E-state index contributed by atoms with van der Waals surface area (Å²) < 4.78 is 32.6. The van der Waals surface area contributed by atoms with E-state index in [1.165, 1.54) is 83.5 Å². The van der Waals surface area contributed by atoms with Gasteiger partial charge in [-0.2, -0.15) is 0 Å². The number of esters is 2. The Balaban J connectivity index is 4.42. The molecule has 1 unspecified atom stereocenters. The molecule has 0 fully saturated rings. The summed E-state index contributed by atoms with van der Waals surface area (Å²) in [5.41, 5.74) is 0. The van der Waals surface area contributed by atoms with Crippen molar-refractivity contribution in [1.29, 1.82) is 0 Å². The van der Waals surface area contributed by atoms with Crippen LogP contribution in [0, 0.1) is 0 Å². The number of hydrogen-bond acceptors (Lipinski definition) is 9. The number of phosphoric acid groups is 1. The van der Waals surface area contributed by atoms with Gasteiger partial charge in [-0.15, -0.1) is 0 Å². The van der Waals surface area contributed by atoms with Crippen LogP contribution in [0.2, 0.25) is 0 Å². The normalized spacial score (nSPS) is 14.5. The van der Waals surface area contributed by atoms with Crippen LogP contribution in [0.5, 0.6) is 0 Å². The molecule has 0 heterocycles. The maximum absolute atomic E-state index is 12.6. The molecule has 328 valence electrons. The maximum atomic E-state index is 12.6. The van der Waals surface area contributed by atoms with Crippen LogP contribution >= 0.6 is 7.82 Å². The van der Waals surface area contributed by atoms with Gasteiger partial charge in [0.25, 0.3) is 0 Å². The van der Waals surface area contributed by atoms with Crippen LogP contribution in [0.1, 0.15) is 168 Å². The summed E-state index contributed by atoms with van der Waals surface area (Å²) in [6, 6.07) is 0. The van der Waals surface area contributed by atoms with Crippen molar-refractivity contribution in [2.45, 2.75) is 180 Å². The minimum Gasteiger partial charge on any atom is -0.462 e. The Hall–Kier alpha value is -2.59. The third kappa shape index (κ3) is 41.4. The maximum Gasteiger partial charge on any atom is 0.472 e. The molecule has 0 bridgehead atoms. The second-order valence-electron chi connectivity index (χ2n) is 14.4. The predicted molar refractivity (Wildman–Crippen MR) is 233 cm³/mol. The highest BCUT2D eigenvalue weighted by Gasteiger charge is 2.27. The summed E-state index contributed by atoms with van der Waals surface area (Å²) >= 11 is 0. The van der Waals surface area contributed by atoms with Crippen molar-refractivity contribution in [2.24, 2.45) is 0 Å². The van der Waals surface area contributed by atoms with E-state index in [1.54, 1.807) is 0 Å². The fraction of sp³-hybridized carbons (Fsp3) is 0.696. The Morgan fingerprint density at radius 3 is 1.51 bits per heavy atom. The molecule has 0 radical (unpaired) electrons. The summed E-state index contributed by atoms with van der Waals surface area (Å²) in [6.45, 7) is 2.23. The van der Waals surface area contributed by atoms with Crippen molar-refractivity contribution in [3.8, 4) is 0 Å². The molecule has 0 aromatic heterocycles. The number of ether oxygens (including phenoxy) is 2. The molecule has 0 saturated heterocycles. The van der Waals surface area contributed by atoms with Crippen molar-refractivity contribution in [3.63, 3.8) is 0 Å². The molecule has 57 heavy (non-hydrogen) atoms. The van der Waals surface area contributed by atoms with Crippen LogP contribution in [0.3, 0.4) is 0 Å². The highest BCUT2D eigenvalue weighted by molar-refractivity contribution is 7.47. The van der Waals surface area contributed by atoms with Gasteiger partial charge in [0.15, 0.2) is 6.10 Å². The van der Waals surface area contributed by atoms with E-state index < -0.39 is 51.8 Å². The van der Waals surface area contributed by atoms with E-state index in [0.29, 0.717) is 12.8 Å². The second-order valence-corrected chi connectivity index (χ2v) is 15.8. The second kappa shape index (κ2) is 41.6. The zero-order valence-corrected chi connectivity index (χ0v) is 36.4. The van der Waals surface area contributed by atoms with Gasteiger partial charge in [0.2, 0.25) is 0 Å². The molecule has 0 aromatic rings. The zero-order chi connectivity index (χ0) is 41.9. The van der Waals surface area contributed by atoms with Crippen LogP contribution < -0.4 is 0 Å². The average molecular weight is 823 g/mol. The van der Waals surface area contributed by atoms with Crippen molar-refractivity contribution >= 4 is 19.8 Å². The highest BCUT2D eigenvalue weighted by atomic mass is 31.2. The first kappa shape index (κ1) is 54.4. The number of aliphatic hydroxyl groups excluding tert-OH is 2. The smallest absolute Gasteiger partial charge is 0.462 e. The molecule has 3 N–H and O–H groups in total. The molecule has 0 rings (SSSR count). The number of carbonyl (C=O) groups is 2. The quantitative estimate of drug-likeness (QED) is 0.0236. The Bertz CT molecular complexity index is 1180. The molecule has 0 spiro atoms. The minimum absolute atomic E-state index is 0.115. The van der Waals surface area contributed by atoms with Crippen molar-refractivity contribution in [2.75, 3.05) is 26.4 Å². The number of rotatable bonds is 40. The summed E-state index contributed by atoms with van der Waals surface area (Å²) in [6.07, 6.45) is 47.3. The average Bonchev–Trinajstić information content (AvgIpc) is 3.20. The Kier molecular flexibility index (Phi) is 39.7. The molecule has 0 aliphatic carbocycles. The lowest BCUT2D eigenvalue weighted by molar-refractivity contribution is -0.161. The summed E-state index contributed by atoms with van der Waals surface area (Å²) in [5, 5.41) is 18.3. The topological polar surface area (TPSA) is 149 Å². The van der Waals surface area contributed by atoms with Gasteiger partial charge >= 0.3 is 19.8 Å². The third-order valence-corrected chi connectivity index (χ3v) is 9.80. The lowest BCUT2D eigenvalue weighted by Gasteiger charge is -2.20. The van der Waals surface area contributed by atoms with Gasteiger partial charge in [-0.3, -0.25) is 18.6 Å². The standard InChI is InChI=1S/C46H79O10P/c1-3-5-7-9-11-13-15-17-19-20-21-22-24-25-27-29-31-33-35-37-45(49)53-41-44(42-55-57(51,52)54-40-43(48)39-47)56-46(50)38-36-34-32-30-28-26-23-18-16-14-12-10-8-6-4-2/h10-13,17,19,21-22,25,27,31,33,43-44,47-48H,3-9,14-16,18,20,23-24,26,28-30,32,34-42H2,1-2H3,(H,51,52)/b12-10+,13-11+,19-17+,22-21+,27-25+,33-31+/t43-,44+/m0/s1. The van der Waals surface area contributed by atoms with Gasteiger partial charge in [-0.25, -0.2) is 4.57 Å². The van der Waals surface area contributed by atoms with E-state index in [9.17, 15) is 24.2 Å². The monoisotopic (exact) mass is 823 g/mol. The first-order valence-corrected chi connectivity index (χ1v) is 23.4. The summed E-state index contributed by atoms with van der Waals surface area (Å²) in [7, 11) is -4.64. The Morgan fingerprint density at radius 2 is 0.965 bits per heavy atom. The van der Waals surface area contributed by atoms with E-state index in [-0.39, 0.29) is 19.4 Å². The van der Waals surface area contributed by atoms with Gasteiger partial charge in [0, 0.05) is 12.8 Å².